The Labute approximate surface area is 101 Å². The van der Waals surface area contributed by atoms with Crippen LogP contribution in [0.5, 0.6) is 0 Å². The number of rotatable bonds is 8. The van der Waals surface area contributed by atoms with Gasteiger partial charge in [0.2, 0.25) is 0 Å². The quantitative estimate of drug-likeness (QED) is 0.529. The van der Waals surface area contributed by atoms with Crippen molar-refractivity contribution < 1.29 is 0 Å². The van der Waals surface area contributed by atoms with E-state index in [9.17, 15) is 0 Å². The summed E-state index contributed by atoms with van der Waals surface area (Å²) in [5.74, 6) is 0. The average molecular weight is 218 g/mol. The molecule has 16 heavy (non-hydrogen) atoms. The summed E-state index contributed by atoms with van der Waals surface area (Å²) in [7, 11) is 0. The molecular formula is C16H26. The van der Waals surface area contributed by atoms with Gasteiger partial charge in [-0.3, -0.25) is 0 Å². The van der Waals surface area contributed by atoms with Crippen molar-refractivity contribution in [3.63, 3.8) is 0 Å². The lowest BCUT2D eigenvalue weighted by atomic mass is 10.0. The second kappa shape index (κ2) is 8.38. The molecule has 0 atom stereocenters. The van der Waals surface area contributed by atoms with E-state index in [1.54, 1.807) is 0 Å². The predicted molar refractivity (Wildman–Crippen MR) is 72.9 cm³/mol. The van der Waals surface area contributed by atoms with E-state index < -0.39 is 0 Å². The van der Waals surface area contributed by atoms with Crippen LogP contribution in [0, 0.1) is 0 Å². The summed E-state index contributed by atoms with van der Waals surface area (Å²) in [4.78, 5) is 0. The van der Waals surface area contributed by atoms with Crippen molar-refractivity contribution in [2.45, 2.75) is 65.2 Å². The van der Waals surface area contributed by atoms with Gasteiger partial charge in [-0.1, -0.05) is 63.8 Å². The van der Waals surface area contributed by atoms with Gasteiger partial charge in [-0.05, 0) is 36.8 Å². The molecule has 0 aliphatic carbocycles. The van der Waals surface area contributed by atoms with Crippen molar-refractivity contribution in [1.82, 2.24) is 0 Å². The first-order valence-electron chi connectivity index (χ1n) is 6.94. The smallest absolute Gasteiger partial charge is 0.0279 e. The van der Waals surface area contributed by atoms with Gasteiger partial charge in [-0.25, -0.2) is 0 Å². The maximum Gasteiger partial charge on any atom is -0.0279 e. The Bertz CT molecular complexity index is 229. The standard InChI is InChI=1S/C16H26/c1-3-5-7-9-15-11-13-16(14-12-15)10-8-6-4-2/h11-14H,3-10H2,1-2H3. The number of aryl methyl sites for hydroxylation is 2. The van der Waals surface area contributed by atoms with Crippen molar-refractivity contribution in [2.24, 2.45) is 0 Å². The van der Waals surface area contributed by atoms with Crippen LogP contribution in [0.3, 0.4) is 0 Å². The molecule has 0 heteroatoms. The highest BCUT2D eigenvalue weighted by Crippen LogP contribution is 2.11. The van der Waals surface area contributed by atoms with Crippen LogP contribution in [0.2, 0.25) is 0 Å². The Morgan fingerprint density at radius 3 is 1.31 bits per heavy atom. The minimum absolute atomic E-state index is 1.25. The minimum Gasteiger partial charge on any atom is -0.0654 e. The van der Waals surface area contributed by atoms with Crippen molar-refractivity contribution in [2.75, 3.05) is 0 Å². The van der Waals surface area contributed by atoms with E-state index in [0.717, 1.165) is 0 Å². The van der Waals surface area contributed by atoms with Crippen LogP contribution in [0.4, 0.5) is 0 Å². The summed E-state index contributed by atoms with van der Waals surface area (Å²) in [6.45, 7) is 4.52. The zero-order chi connectivity index (χ0) is 11.6. The lowest BCUT2D eigenvalue weighted by Crippen LogP contribution is -1.88. The van der Waals surface area contributed by atoms with Gasteiger partial charge in [0.1, 0.15) is 0 Å². The first kappa shape index (κ1) is 13.3. The normalized spacial score (nSPS) is 10.6. The fourth-order valence-electron chi connectivity index (χ4n) is 2.03. The molecule has 0 spiro atoms. The molecule has 0 unspecified atom stereocenters. The van der Waals surface area contributed by atoms with Gasteiger partial charge in [0.15, 0.2) is 0 Å². The Kier molecular flexibility index (Phi) is 6.96. The summed E-state index contributed by atoms with van der Waals surface area (Å²) >= 11 is 0. The number of hydrogen-bond acceptors (Lipinski definition) is 0. The van der Waals surface area contributed by atoms with Crippen molar-refractivity contribution in [1.29, 1.82) is 0 Å². The Balaban J connectivity index is 2.30. The molecule has 0 saturated carbocycles. The van der Waals surface area contributed by atoms with Crippen LogP contribution in [-0.2, 0) is 12.8 Å². The minimum atomic E-state index is 1.25. The van der Waals surface area contributed by atoms with Crippen LogP contribution < -0.4 is 0 Å². The van der Waals surface area contributed by atoms with Gasteiger partial charge in [0.05, 0.1) is 0 Å². The fourth-order valence-corrected chi connectivity index (χ4v) is 2.03. The predicted octanol–water partition coefficient (Wildman–Crippen LogP) is 5.15. The second-order valence-corrected chi connectivity index (χ2v) is 4.73. The highest BCUT2D eigenvalue weighted by Gasteiger charge is 1.95. The molecule has 0 amide bonds. The average Bonchev–Trinajstić information content (AvgIpc) is 2.32. The molecule has 0 aliphatic rings. The van der Waals surface area contributed by atoms with Gasteiger partial charge in [-0.15, -0.1) is 0 Å². The Morgan fingerprint density at radius 1 is 0.625 bits per heavy atom. The summed E-state index contributed by atoms with van der Waals surface area (Å²) in [6, 6.07) is 9.27. The lowest BCUT2D eigenvalue weighted by molar-refractivity contribution is 0.712. The van der Waals surface area contributed by atoms with E-state index in [0.29, 0.717) is 0 Å². The number of benzene rings is 1. The maximum absolute atomic E-state index is 2.32. The van der Waals surface area contributed by atoms with Gasteiger partial charge in [-0.2, -0.15) is 0 Å². The monoisotopic (exact) mass is 218 g/mol. The molecule has 0 aromatic heterocycles. The van der Waals surface area contributed by atoms with Crippen LogP contribution in [0.25, 0.3) is 0 Å². The third kappa shape index (κ3) is 5.34. The molecule has 0 saturated heterocycles. The largest absolute Gasteiger partial charge is 0.0654 e. The van der Waals surface area contributed by atoms with E-state index in [4.69, 9.17) is 0 Å². The Hall–Kier alpha value is -0.780. The van der Waals surface area contributed by atoms with Gasteiger partial charge < -0.3 is 0 Å². The van der Waals surface area contributed by atoms with E-state index in [1.807, 2.05) is 0 Å². The molecular weight excluding hydrogens is 192 g/mol. The zero-order valence-electron chi connectivity index (χ0n) is 11.0. The maximum atomic E-state index is 2.32. The van der Waals surface area contributed by atoms with Gasteiger partial charge in [0, 0.05) is 0 Å². The molecule has 0 nitrogen and oxygen atoms in total. The summed E-state index contributed by atoms with van der Waals surface area (Å²) < 4.78 is 0. The van der Waals surface area contributed by atoms with Crippen molar-refractivity contribution in [3.8, 4) is 0 Å². The van der Waals surface area contributed by atoms with Crippen molar-refractivity contribution in [3.05, 3.63) is 35.4 Å². The summed E-state index contributed by atoms with van der Waals surface area (Å²) in [6.07, 6.45) is 10.5. The van der Waals surface area contributed by atoms with Gasteiger partial charge in [0.25, 0.3) is 0 Å². The molecule has 1 rings (SSSR count). The third-order valence-corrected chi connectivity index (χ3v) is 3.16. The topological polar surface area (TPSA) is 0 Å². The van der Waals surface area contributed by atoms with E-state index in [1.165, 1.54) is 62.5 Å². The second-order valence-electron chi connectivity index (χ2n) is 4.73. The van der Waals surface area contributed by atoms with Crippen LogP contribution in [-0.4, -0.2) is 0 Å². The molecule has 0 bridgehead atoms. The molecule has 90 valence electrons. The van der Waals surface area contributed by atoms with E-state index in [-0.39, 0.29) is 0 Å². The molecule has 0 N–H and O–H groups in total. The molecule has 0 radical (unpaired) electrons. The Morgan fingerprint density at radius 2 is 1.00 bits per heavy atom. The van der Waals surface area contributed by atoms with Crippen LogP contribution in [0.15, 0.2) is 24.3 Å². The molecule has 0 fully saturated rings. The van der Waals surface area contributed by atoms with E-state index in [2.05, 4.69) is 38.1 Å². The van der Waals surface area contributed by atoms with Gasteiger partial charge >= 0.3 is 0 Å². The molecule has 1 aromatic carbocycles. The first-order valence-corrected chi connectivity index (χ1v) is 6.94. The molecule has 0 heterocycles. The number of unbranched alkanes of at least 4 members (excludes halogenated alkanes) is 4. The van der Waals surface area contributed by atoms with Crippen LogP contribution >= 0.6 is 0 Å². The first-order chi connectivity index (χ1) is 7.86. The molecule has 0 aliphatic heterocycles. The highest BCUT2D eigenvalue weighted by molar-refractivity contribution is 5.22. The fraction of sp³-hybridized carbons (Fsp3) is 0.625. The number of hydrogen-bond donors (Lipinski definition) is 0. The summed E-state index contributed by atoms with van der Waals surface area (Å²) in [5, 5.41) is 0. The van der Waals surface area contributed by atoms with E-state index >= 15 is 0 Å². The van der Waals surface area contributed by atoms with Crippen molar-refractivity contribution >= 4 is 0 Å². The third-order valence-electron chi connectivity index (χ3n) is 3.16. The molecule has 1 aromatic rings. The van der Waals surface area contributed by atoms with Crippen LogP contribution in [0.1, 0.15) is 63.5 Å². The highest BCUT2D eigenvalue weighted by atomic mass is 14.0. The SMILES string of the molecule is CCCCCc1ccc(CCCCC)cc1. The zero-order valence-corrected chi connectivity index (χ0v) is 11.0. The summed E-state index contributed by atoms with van der Waals surface area (Å²) in [5.41, 5.74) is 3.01. The lowest BCUT2D eigenvalue weighted by Gasteiger charge is -2.04.